The highest BCUT2D eigenvalue weighted by atomic mass is 35.5. The zero-order valence-electron chi connectivity index (χ0n) is 17.0. The van der Waals surface area contributed by atoms with Gasteiger partial charge in [0, 0.05) is 6.20 Å². The number of aromatic carboxylic acids is 2. The number of nitrogens with one attached hydrogen (secondary N) is 1. The highest BCUT2D eigenvalue weighted by Gasteiger charge is 2.42. The molecule has 1 aliphatic heterocycles. The van der Waals surface area contributed by atoms with Gasteiger partial charge in [0.2, 0.25) is 0 Å². The van der Waals surface area contributed by atoms with Crippen LogP contribution in [0.1, 0.15) is 47.3 Å². The fourth-order valence-corrected chi connectivity index (χ4v) is 3.08. The standard InChI is InChI=1S/C13H15N3O3.C6H3Cl3N2O2/c1-7(2)13(3)12(19)15-10(16-13)9-8(11(17)18)5-4-6-14-9;7-1-3(10)2(8)5(9)11-4(1)6(12)13/h4-7H,1-3H3,(H,17,18)(H,15,16,19);(H2,10,11)(H,12,13). The van der Waals surface area contributed by atoms with E-state index in [0.717, 1.165) is 0 Å². The Balaban J connectivity index is 0.000000244. The number of carboxylic acids is 2. The molecule has 0 aromatic carbocycles. The SMILES string of the molecule is CC(C)C1(C)N=C(c2ncccc2C(=O)O)NC1=O.Nc1c(Cl)c(Cl)nc(C(=O)O)c1Cl. The van der Waals surface area contributed by atoms with Crippen molar-refractivity contribution in [3.63, 3.8) is 0 Å². The van der Waals surface area contributed by atoms with Crippen molar-refractivity contribution in [2.24, 2.45) is 10.9 Å². The van der Waals surface area contributed by atoms with E-state index in [9.17, 15) is 14.4 Å². The number of hydrogen-bond acceptors (Lipinski definition) is 7. The molecule has 0 saturated carbocycles. The molecule has 0 fully saturated rings. The van der Waals surface area contributed by atoms with E-state index >= 15 is 0 Å². The van der Waals surface area contributed by atoms with Gasteiger partial charge in [0.25, 0.3) is 5.91 Å². The fraction of sp³-hybridized carbons (Fsp3) is 0.263. The Kier molecular flexibility index (Phi) is 7.66. The van der Waals surface area contributed by atoms with Crippen LogP contribution >= 0.6 is 34.8 Å². The number of amidine groups is 1. The predicted octanol–water partition coefficient (Wildman–Crippen LogP) is 3.39. The third kappa shape index (κ3) is 4.93. The molecule has 1 unspecified atom stereocenters. The summed E-state index contributed by atoms with van der Waals surface area (Å²) < 4.78 is 0. The van der Waals surface area contributed by atoms with Crippen LogP contribution in [0.3, 0.4) is 0 Å². The number of hydrogen-bond donors (Lipinski definition) is 4. The molecular formula is C19H18Cl3N5O5. The minimum Gasteiger partial charge on any atom is -0.478 e. The Morgan fingerprint density at radius 3 is 2.28 bits per heavy atom. The third-order valence-electron chi connectivity index (χ3n) is 4.70. The number of pyridine rings is 2. The number of nitrogen functional groups attached to an aromatic ring is 1. The van der Waals surface area contributed by atoms with Gasteiger partial charge in [-0.05, 0) is 25.0 Å². The largest absolute Gasteiger partial charge is 0.478 e. The van der Waals surface area contributed by atoms with E-state index < -0.39 is 23.2 Å². The van der Waals surface area contributed by atoms with E-state index in [2.05, 4.69) is 20.3 Å². The highest BCUT2D eigenvalue weighted by Crippen LogP contribution is 2.34. The first kappa shape index (κ1) is 25.3. The third-order valence-corrected chi connectivity index (χ3v) is 5.83. The maximum atomic E-state index is 12.0. The summed E-state index contributed by atoms with van der Waals surface area (Å²) in [6.45, 7) is 5.51. The minimum atomic E-state index is -1.31. The smallest absolute Gasteiger partial charge is 0.356 e. The molecule has 3 rings (SSSR count). The number of nitrogens with two attached hydrogens (primary N) is 1. The average molecular weight is 503 g/mol. The summed E-state index contributed by atoms with van der Waals surface area (Å²) in [5.41, 5.74) is 4.20. The average Bonchev–Trinajstić information content (AvgIpc) is 3.05. The molecule has 0 aliphatic carbocycles. The van der Waals surface area contributed by atoms with Gasteiger partial charge in [-0.25, -0.2) is 19.6 Å². The van der Waals surface area contributed by atoms with E-state index in [4.69, 9.17) is 50.7 Å². The van der Waals surface area contributed by atoms with Gasteiger partial charge in [0.05, 0.1) is 16.3 Å². The van der Waals surface area contributed by atoms with Crippen LogP contribution in [-0.4, -0.2) is 49.4 Å². The molecule has 13 heteroatoms. The van der Waals surface area contributed by atoms with E-state index in [1.165, 1.54) is 18.3 Å². The van der Waals surface area contributed by atoms with Gasteiger partial charge in [-0.1, -0.05) is 48.7 Å². The molecular weight excluding hydrogens is 485 g/mol. The maximum Gasteiger partial charge on any atom is 0.356 e. The zero-order chi connectivity index (χ0) is 24.4. The van der Waals surface area contributed by atoms with Crippen molar-refractivity contribution in [2.45, 2.75) is 26.3 Å². The van der Waals surface area contributed by atoms with Crippen LogP contribution in [0.15, 0.2) is 23.3 Å². The Bertz CT molecular complexity index is 1140. The number of rotatable bonds is 4. The summed E-state index contributed by atoms with van der Waals surface area (Å²) in [6.07, 6.45) is 1.47. The number of anilines is 1. The molecule has 2 aromatic rings. The molecule has 170 valence electrons. The molecule has 1 amide bonds. The van der Waals surface area contributed by atoms with Crippen LogP contribution in [0.2, 0.25) is 15.2 Å². The number of amides is 1. The van der Waals surface area contributed by atoms with Crippen LogP contribution in [0.25, 0.3) is 0 Å². The zero-order valence-corrected chi connectivity index (χ0v) is 19.2. The highest BCUT2D eigenvalue weighted by molar-refractivity contribution is 6.46. The molecule has 0 spiro atoms. The number of aromatic nitrogens is 2. The van der Waals surface area contributed by atoms with E-state index in [0.29, 0.717) is 0 Å². The van der Waals surface area contributed by atoms with Crippen LogP contribution in [0.5, 0.6) is 0 Å². The van der Waals surface area contributed by atoms with Crippen molar-refractivity contribution in [1.82, 2.24) is 15.3 Å². The summed E-state index contributed by atoms with van der Waals surface area (Å²) in [6, 6.07) is 2.97. The number of carbonyl (C=O) groups excluding carboxylic acids is 1. The fourth-order valence-electron chi connectivity index (χ4n) is 2.49. The van der Waals surface area contributed by atoms with Crippen molar-refractivity contribution in [2.75, 3.05) is 5.73 Å². The van der Waals surface area contributed by atoms with Crippen molar-refractivity contribution in [3.8, 4) is 0 Å². The Morgan fingerprint density at radius 1 is 1.16 bits per heavy atom. The minimum absolute atomic E-state index is 0.00184. The van der Waals surface area contributed by atoms with Crippen molar-refractivity contribution < 1.29 is 24.6 Å². The van der Waals surface area contributed by atoms with Crippen LogP contribution < -0.4 is 11.1 Å². The lowest BCUT2D eigenvalue weighted by Crippen LogP contribution is -2.41. The lowest BCUT2D eigenvalue weighted by Gasteiger charge is -2.21. The Morgan fingerprint density at radius 2 is 1.78 bits per heavy atom. The number of aliphatic imine (C=N–C) groups is 1. The molecule has 0 radical (unpaired) electrons. The van der Waals surface area contributed by atoms with Gasteiger partial charge in [0.15, 0.2) is 16.7 Å². The van der Waals surface area contributed by atoms with E-state index in [1.807, 2.05) is 13.8 Å². The first-order valence-electron chi connectivity index (χ1n) is 8.94. The number of carbonyl (C=O) groups is 3. The molecule has 10 nitrogen and oxygen atoms in total. The quantitative estimate of drug-likeness (QED) is 0.461. The van der Waals surface area contributed by atoms with Crippen molar-refractivity contribution in [1.29, 1.82) is 0 Å². The van der Waals surface area contributed by atoms with E-state index in [-0.39, 0.29) is 49.8 Å². The summed E-state index contributed by atoms with van der Waals surface area (Å²) in [5, 5.41) is 19.9. The molecule has 32 heavy (non-hydrogen) atoms. The summed E-state index contributed by atoms with van der Waals surface area (Å²) >= 11 is 16.6. The van der Waals surface area contributed by atoms with Crippen molar-refractivity contribution in [3.05, 3.63) is 50.5 Å². The summed E-state index contributed by atoms with van der Waals surface area (Å²) in [4.78, 5) is 45.5. The number of carboxylic acid groups (broad SMARTS) is 2. The predicted molar refractivity (Wildman–Crippen MR) is 120 cm³/mol. The molecule has 5 N–H and O–H groups in total. The molecule has 0 bridgehead atoms. The second-order valence-electron chi connectivity index (χ2n) is 7.02. The van der Waals surface area contributed by atoms with Crippen molar-refractivity contribution >= 4 is 64.2 Å². The lowest BCUT2D eigenvalue weighted by atomic mass is 9.89. The topological polar surface area (TPSA) is 168 Å². The molecule has 2 aromatic heterocycles. The van der Waals surface area contributed by atoms with Gasteiger partial charge in [-0.2, -0.15) is 0 Å². The molecule has 3 heterocycles. The van der Waals surface area contributed by atoms with Gasteiger partial charge >= 0.3 is 11.9 Å². The first-order chi connectivity index (χ1) is 14.8. The lowest BCUT2D eigenvalue weighted by molar-refractivity contribution is -0.124. The summed E-state index contributed by atoms with van der Waals surface area (Å²) in [7, 11) is 0. The second-order valence-corrected chi connectivity index (χ2v) is 8.13. The van der Waals surface area contributed by atoms with E-state index in [1.54, 1.807) is 6.92 Å². The Labute approximate surface area is 197 Å². The first-order valence-corrected chi connectivity index (χ1v) is 10.1. The summed E-state index contributed by atoms with van der Waals surface area (Å²) in [5.74, 6) is -2.42. The number of halogens is 3. The maximum absolute atomic E-state index is 12.0. The van der Waals surface area contributed by atoms with Gasteiger partial charge in [-0.15, -0.1) is 0 Å². The normalized spacial score (nSPS) is 17.3. The van der Waals surface area contributed by atoms with Gasteiger partial charge < -0.3 is 21.3 Å². The van der Waals surface area contributed by atoms with Gasteiger partial charge in [-0.3, -0.25) is 9.78 Å². The Hall–Kier alpha value is -2.95. The molecule has 0 saturated heterocycles. The number of nitrogens with zero attached hydrogens (tertiary/aromatic N) is 3. The molecule has 1 aliphatic rings. The van der Waals surface area contributed by atoms with Crippen LogP contribution in [0.4, 0.5) is 5.69 Å². The monoisotopic (exact) mass is 501 g/mol. The van der Waals surface area contributed by atoms with Crippen LogP contribution in [0, 0.1) is 5.92 Å². The molecule has 1 atom stereocenters. The second kappa shape index (κ2) is 9.68. The van der Waals surface area contributed by atoms with Crippen LogP contribution in [-0.2, 0) is 4.79 Å². The van der Waals surface area contributed by atoms with Gasteiger partial charge in [0.1, 0.15) is 16.3 Å².